The number of benzene rings is 1. The molecule has 3 heterocycles. The topological polar surface area (TPSA) is 83.9 Å². The lowest BCUT2D eigenvalue weighted by molar-refractivity contribution is -0.389. The van der Waals surface area contributed by atoms with Gasteiger partial charge in [0.15, 0.2) is 0 Å². The Morgan fingerprint density at radius 1 is 1.28 bits per heavy atom. The minimum atomic E-state index is -0.496. The zero-order valence-electron chi connectivity index (χ0n) is 13.5. The predicted octanol–water partition coefficient (Wildman–Crippen LogP) is 3.25. The first-order chi connectivity index (χ1) is 12.1. The van der Waals surface area contributed by atoms with E-state index in [1.807, 2.05) is 35.2 Å². The predicted molar refractivity (Wildman–Crippen MR) is 96.1 cm³/mol. The average Bonchev–Trinajstić information content (AvgIpc) is 3.22. The summed E-state index contributed by atoms with van der Waals surface area (Å²) in [6.45, 7) is 1.31. The minimum Gasteiger partial charge on any atom is -0.388 e. The van der Waals surface area contributed by atoms with Crippen molar-refractivity contribution in [3.8, 4) is 0 Å². The third kappa shape index (κ3) is 2.87. The number of hydrogen-bond acceptors (Lipinski definition) is 6. The molecule has 1 fully saturated rings. The van der Waals surface area contributed by atoms with Crippen LogP contribution in [0.15, 0.2) is 41.9 Å². The van der Waals surface area contributed by atoms with Gasteiger partial charge in [-0.25, -0.2) is 0 Å². The first kappa shape index (κ1) is 16.0. The fourth-order valence-electron chi connectivity index (χ4n) is 3.49. The lowest BCUT2D eigenvalue weighted by Crippen LogP contribution is -2.36. The van der Waals surface area contributed by atoms with Crippen LogP contribution in [0.1, 0.15) is 24.5 Å². The van der Waals surface area contributed by atoms with Gasteiger partial charge in [0.05, 0.1) is 6.10 Å². The number of rotatable bonds is 4. The Hall–Kier alpha value is -2.45. The fourth-order valence-corrected chi connectivity index (χ4v) is 4.20. The van der Waals surface area contributed by atoms with Gasteiger partial charge in [-0.2, -0.15) is 9.38 Å². The molecular formula is C17H18N4O3S. The van der Waals surface area contributed by atoms with Crippen molar-refractivity contribution < 1.29 is 10.0 Å². The molecule has 4 rings (SSSR count). The highest BCUT2D eigenvalue weighted by Gasteiger charge is 2.32. The van der Waals surface area contributed by atoms with Crippen LogP contribution in [-0.2, 0) is 0 Å². The van der Waals surface area contributed by atoms with Crippen molar-refractivity contribution in [2.24, 2.45) is 5.92 Å². The van der Waals surface area contributed by atoms with Crippen molar-refractivity contribution in [3.05, 3.63) is 57.6 Å². The minimum absolute atomic E-state index is 0.0262. The van der Waals surface area contributed by atoms with E-state index in [1.165, 1.54) is 15.7 Å². The lowest BCUT2D eigenvalue weighted by atomic mass is 9.87. The SMILES string of the molecule is O=[N+]([O-])c1c(N2CCC([C@@H](O)c3ccccc3)CC2)nc2sccn12. The summed E-state index contributed by atoms with van der Waals surface area (Å²) in [5, 5.41) is 23.9. The number of imidazole rings is 1. The van der Waals surface area contributed by atoms with E-state index in [2.05, 4.69) is 4.98 Å². The molecule has 3 aromatic rings. The molecule has 7 nitrogen and oxygen atoms in total. The van der Waals surface area contributed by atoms with E-state index in [0.29, 0.717) is 23.9 Å². The van der Waals surface area contributed by atoms with Crippen molar-refractivity contribution >= 4 is 27.9 Å². The number of aromatic nitrogens is 2. The van der Waals surface area contributed by atoms with Gasteiger partial charge in [0.1, 0.15) is 6.20 Å². The van der Waals surface area contributed by atoms with Crippen LogP contribution in [0.2, 0.25) is 0 Å². The maximum Gasteiger partial charge on any atom is 0.373 e. The summed E-state index contributed by atoms with van der Waals surface area (Å²) in [6.07, 6.45) is 2.74. The number of aliphatic hydroxyl groups excluding tert-OH is 1. The van der Waals surface area contributed by atoms with Crippen LogP contribution in [0.4, 0.5) is 11.6 Å². The van der Waals surface area contributed by atoms with E-state index in [0.717, 1.165) is 18.4 Å². The summed E-state index contributed by atoms with van der Waals surface area (Å²) in [5.74, 6) is 0.615. The summed E-state index contributed by atoms with van der Waals surface area (Å²) in [7, 11) is 0. The molecule has 0 aliphatic carbocycles. The van der Waals surface area contributed by atoms with Gasteiger partial charge in [-0.15, -0.1) is 0 Å². The number of anilines is 1. The van der Waals surface area contributed by atoms with Crippen LogP contribution in [0.5, 0.6) is 0 Å². The van der Waals surface area contributed by atoms with Crippen LogP contribution >= 0.6 is 11.3 Å². The van der Waals surface area contributed by atoms with Crippen LogP contribution < -0.4 is 4.90 Å². The number of hydrogen-bond donors (Lipinski definition) is 1. The molecule has 0 amide bonds. The Bertz CT molecular complexity index is 884. The smallest absolute Gasteiger partial charge is 0.373 e. The Kier molecular flexibility index (Phi) is 4.14. The third-order valence-corrected chi connectivity index (χ3v) is 5.58. The maximum absolute atomic E-state index is 11.5. The van der Waals surface area contributed by atoms with E-state index < -0.39 is 6.10 Å². The maximum atomic E-state index is 11.5. The third-order valence-electron chi connectivity index (χ3n) is 4.82. The Morgan fingerprint density at radius 3 is 2.68 bits per heavy atom. The molecule has 8 heteroatoms. The standard InChI is InChI=1S/C17H18N4O3S/c22-14(12-4-2-1-3-5-12)13-6-8-19(9-7-13)15-16(21(23)24)20-10-11-25-17(20)18-15/h1-5,10-11,13-14,22H,6-9H2/t14-/m0/s1. The quantitative estimate of drug-likeness (QED) is 0.572. The summed E-state index contributed by atoms with van der Waals surface area (Å²) < 4.78 is 1.53. The van der Waals surface area contributed by atoms with Gasteiger partial charge in [0.25, 0.3) is 4.96 Å². The monoisotopic (exact) mass is 358 g/mol. The molecule has 1 aromatic carbocycles. The number of nitro groups is 1. The van der Waals surface area contributed by atoms with Crippen molar-refractivity contribution in [1.82, 2.24) is 9.38 Å². The second-order valence-corrected chi connectivity index (χ2v) is 7.12. The number of aliphatic hydroxyl groups is 1. The van der Waals surface area contributed by atoms with Gasteiger partial charge >= 0.3 is 5.82 Å². The molecule has 1 aliphatic heterocycles. The Balaban J connectivity index is 1.52. The largest absolute Gasteiger partial charge is 0.388 e. The van der Waals surface area contributed by atoms with E-state index >= 15 is 0 Å². The lowest BCUT2D eigenvalue weighted by Gasteiger charge is -2.34. The van der Waals surface area contributed by atoms with Gasteiger partial charge < -0.3 is 20.1 Å². The number of thiazole rings is 1. The molecule has 1 atom stereocenters. The number of nitrogens with zero attached hydrogens (tertiary/aromatic N) is 4. The molecule has 0 bridgehead atoms. The van der Waals surface area contributed by atoms with Crippen molar-refractivity contribution in [1.29, 1.82) is 0 Å². The summed E-state index contributed by atoms with van der Waals surface area (Å²) in [6, 6.07) is 9.66. The molecule has 0 spiro atoms. The van der Waals surface area contributed by atoms with Gasteiger partial charge in [-0.05, 0) is 29.2 Å². The fraction of sp³-hybridized carbons (Fsp3) is 0.353. The van der Waals surface area contributed by atoms with E-state index in [1.54, 1.807) is 11.6 Å². The number of piperidine rings is 1. The first-order valence-electron chi connectivity index (χ1n) is 8.23. The summed E-state index contributed by atoms with van der Waals surface area (Å²) in [4.78, 5) is 18.2. The van der Waals surface area contributed by atoms with E-state index in [-0.39, 0.29) is 16.7 Å². The van der Waals surface area contributed by atoms with Crippen molar-refractivity contribution in [2.45, 2.75) is 18.9 Å². The van der Waals surface area contributed by atoms with E-state index in [9.17, 15) is 15.2 Å². The van der Waals surface area contributed by atoms with Crippen LogP contribution in [0.25, 0.3) is 4.96 Å². The zero-order valence-corrected chi connectivity index (χ0v) is 14.3. The molecule has 0 radical (unpaired) electrons. The molecular weight excluding hydrogens is 340 g/mol. The van der Waals surface area contributed by atoms with Crippen LogP contribution in [0.3, 0.4) is 0 Å². The molecule has 2 aromatic heterocycles. The van der Waals surface area contributed by atoms with Crippen LogP contribution in [-0.4, -0.2) is 32.5 Å². The highest BCUT2D eigenvalue weighted by Crippen LogP contribution is 2.36. The van der Waals surface area contributed by atoms with Gasteiger partial charge in [-0.1, -0.05) is 41.7 Å². The zero-order chi connectivity index (χ0) is 17.4. The van der Waals surface area contributed by atoms with Crippen molar-refractivity contribution in [2.75, 3.05) is 18.0 Å². The molecule has 25 heavy (non-hydrogen) atoms. The summed E-state index contributed by atoms with van der Waals surface area (Å²) in [5.41, 5.74) is 0.925. The molecule has 1 saturated heterocycles. The van der Waals surface area contributed by atoms with Gasteiger partial charge in [-0.3, -0.25) is 0 Å². The summed E-state index contributed by atoms with van der Waals surface area (Å²) >= 11 is 1.39. The highest BCUT2D eigenvalue weighted by atomic mass is 32.1. The molecule has 1 aliphatic rings. The second-order valence-electron chi connectivity index (χ2n) is 6.25. The first-order valence-corrected chi connectivity index (χ1v) is 9.11. The second kappa shape index (κ2) is 6.45. The Morgan fingerprint density at radius 2 is 2.00 bits per heavy atom. The van der Waals surface area contributed by atoms with Crippen molar-refractivity contribution in [3.63, 3.8) is 0 Å². The average molecular weight is 358 g/mol. The van der Waals surface area contributed by atoms with E-state index in [4.69, 9.17) is 0 Å². The normalized spacial score (nSPS) is 17.1. The Labute approximate surface area is 148 Å². The molecule has 0 unspecified atom stereocenters. The van der Waals surface area contributed by atoms with Gasteiger partial charge in [0.2, 0.25) is 5.82 Å². The van der Waals surface area contributed by atoms with Crippen LogP contribution in [0, 0.1) is 16.0 Å². The molecule has 130 valence electrons. The highest BCUT2D eigenvalue weighted by molar-refractivity contribution is 7.15. The molecule has 1 N–H and O–H groups in total. The number of fused-ring (bicyclic) bond motifs is 1. The molecule has 0 saturated carbocycles. The van der Waals surface area contributed by atoms with Gasteiger partial charge in [0, 0.05) is 18.5 Å².